The molecule has 0 amide bonds. The third kappa shape index (κ3) is 5.06. The highest BCUT2D eigenvalue weighted by molar-refractivity contribution is 14.1. The highest BCUT2D eigenvalue weighted by atomic mass is 127. The van der Waals surface area contributed by atoms with Crippen LogP contribution in [0.2, 0.25) is 0 Å². The molecule has 2 rings (SSSR count). The predicted octanol–water partition coefficient (Wildman–Crippen LogP) is 4.11. The topological polar surface area (TPSA) is 92.8 Å². The molecule has 122 valence electrons. The van der Waals surface area contributed by atoms with Gasteiger partial charge >= 0.3 is 5.97 Å². The van der Waals surface area contributed by atoms with E-state index in [-0.39, 0.29) is 12.2 Å². The predicted molar refractivity (Wildman–Crippen MR) is 112 cm³/mol. The second kappa shape index (κ2) is 7.70. The van der Waals surface area contributed by atoms with Crippen molar-refractivity contribution >= 4 is 73.7 Å². The number of rotatable bonds is 5. The smallest absolute Gasteiger partial charge is 0.334 e. The fourth-order valence-corrected chi connectivity index (χ4v) is 3.40. The van der Waals surface area contributed by atoms with E-state index in [9.17, 15) is 9.90 Å². The van der Waals surface area contributed by atoms with Gasteiger partial charge in [0.15, 0.2) is 3.55 Å². The Kier molecular flexibility index (Phi) is 6.35. The van der Waals surface area contributed by atoms with Crippen LogP contribution in [-0.4, -0.2) is 19.7 Å². The molecule has 0 aliphatic rings. The molecular weight excluding hydrogens is 639 g/mol. The number of carboxylic acid groups (broad SMARTS) is 1. The molecule has 0 radical (unpaired) electrons. The number of benzene rings is 2. The summed E-state index contributed by atoms with van der Waals surface area (Å²) in [6.07, 6.45) is 0.219. The Hall–Kier alpha value is -0.340. The number of halogens is 3. The standard InChI is InChI=1S/C15H12I3NO4/c16-10-6-9(2-3-12(10)20)23-13-4-1-8(5-11(13)17)7-15(18,19)14(21)22/h1-6,20H,7,19H2,(H,21,22)/t15-/m1/s1. The summed E-state index contributed by atoms with van der Waals surface area (Å²) in [6.45, 7) is 0. The summed E-state index contributed by atoms with van der Waals surface area (Å²) in [4.78, 5) is 11.1. The number of aromatic hydroxyl groups is 1. The molecule has 0 aliphatic heterocycles. The van der Waals surface area contributed by atoms with E-state index >= 15 is 0 Å². The van der Waals surface area contributed by atoms with Crippen LogP contribution < -0.4 is 10.5 Å². The van der Waals surface area contributed by atoms with Gasteiger partial charge in [0, 0.05) is 6.42 Å². The molecule has 8 heteroatoms. The molecule has 0 aliphatic carbocycles. The number of phenolic OH excluding ortho intramolecular Hbond substituents is 1. The van der Waals surface area contributed by atoms with Gasteiger partial charge in [-0.25, -0.2) is 4.79 Å². The van der Waals surface area contributed by atoms with Crippen molar-refractivity contribution in [2.24, 2.45) is 5.73 Å². The molecule has 0 spiro atoms. The van der Waals surface area contributed by atoms with E-state index in [2.05, 4.69) is 22.6 Å². The third-order valence-electron chi connectivity index (χ3n) is 2.96. The second-order valence-electron chi connectivity index (χ2n) is 4.82. The van der Waals surface area contributed by atoms with Crippen LogP contribution in [0.25, 0.3) is 0 Å². The Morgan fingerprint density at radius 2 is 1.87 bits per heavy atom. The Morgan fingerprint density at radius 1 is 1.17 bits per heavy atom. The molecular formula is C15H12I3NO4. The van der Waals surface area contributed by atoms with Crippen LogP contribution in [0.15, 0.2) is 36.4 Å². The molecule has 0 bridgehead atoms. The lowest BCUT2D eigenvalue weighted by Gasteiger charge is -2.17. The van der Waals surface area contributed by atoms with E-state index in [0.29, 0.717) is 15.1 Å². The monoisotopic (exact) mass is 651 g/mol. The molecule has 2 aromatic carbocycles. The fraction of sp³-hybridized carbons (Fsp3) is 0.133. The normalized spacial score (nSPS) is 13.4. The molecule has 4 N–H and O–H groups in total. The molecule has 23 heavy (non-hydrogen) atoms. The minimum atomic E-state index is -1.34. The van der Waals surface area contributed by atoms with Crippen LogP contribution in [-0.2, 0) is 11.2 Å². The third-order valence-corrected chi connectivity index (χ3v) is 5.51. The van der Waals surface area contributed by atoms with Gasteiger partial charge in [-0.05, 0) is 104 Å². The Bertz CT molecular complexity index is 749. The molecule has 1 atom stereocenters. The lowest BCUT2D eigenvalue weighted by atomic mass is 10.1. The van der Waals surface area contributed by atoms with E-state index in [1.54, 1.807) is 52.9 Å². The van der Waals surface area contributed by atoms with Gasteiger partial charge in [-0.1, -0.05) is 6.07 Å². The van der Waals surface area contributed by atoms with Crippen LogP contribution in [0.1, 0.15) is 5.56 Å². The number of phenols is 1. The molecule has 0 heterocycles. The van der Waals surface area contributed by atoms with Crippen molar-refractivity contribution < 1.29 is 19.7 Å². The largest absolute Gasteiger partial charge is 0.507 e. The highest BCUT2D eigenvalue weighted by Crippen LogP contribution is 2.32. The van der Waals surface area contributed by atoms with Gasteiger partial charge in [-0.15, -0.1) is 0 Å². The van der Waals surface area contributed by atoms with Crippen LogP contribution in [0, 0.1) is 7.14 Å². The maximum absolute atomic E-state index is 11.1. The number of hydrogen-bond donors (Lipinski definition) is 3. The van der Waals surface area contributed by atoms with E-state index in [1.165, 1.54) is 0 Å². The summed E-state index contributed by atoms with van der Waals surface area (Å²) in [5, 5.41) is 18.6. The summed E-state index contributed by atoms with van der Waals surface area (Å²) >= 11 is 5.89. The first kappa shape index (κ1) is 19.0. The van der Waals surface area contributed by atoms with Crippen molar-refractivity contribution in [2.75, 3.05) is 0 Å². The maximum Gasteiger partial charge on any atom is 0.334 e. The summed E-state index contributed by atoms with van der Waals surface area (Å²) in [5.74, 6) is 0.429. The summed E-state index contributed by atoms with van der Waals surface area (Å²) in [5.41, 5.74) is 6.58. The molecule has 5 nitrogen and oxygen atoms in total. The minimum Gasteiger partial charge on any atom is -0.507 e. The zero-order chi connectivity index (χ0) is 17.2. The maximum atomic E-state index is 11.1. The molecule has 0 aromatic heterocycles. The Balaban J connectivity index is 2.19. The van der Waals surface area contributed by atoms with E-state index < -0.39 is 9.51 Å². The van der Waals surface area contributed by atoms with Gasteiger partial charge < -0.3 is 20.7 Å². The highest BCUT2D eigenvalue weighted by Gasteiger charge is 2.30. The number of carboxylic acids is 1. The van der Waals surface area contributed by atoms with Crippen molar-refractivity contribution in [3.8, 4) is 17.2 Å². The SMILES string of the molecule is N[C@](I)(Cc1ccc(Oc2ccc(O)c(I)c2)c(I)c1)C(=O)O. The second-order valence-corrected chi connectivity index (χ2v) is 9.07. The molecule has 0 fully saturated rings. The molecule has 0 saturated carbocycles. The van der Waals surface area contributed by atoms with Gasteiger partial charge in [0.2, 0.25) is 0 Å². The zero-order valence-corrected chi connectivity index (χ0v) is 18.1. The van der Waals surface area contributed by atoms with Crippen LogP contribution in [0.3, 0.4) is 0 Å². The summed E-state index contributed by atoms with van der Waals surface area (Å²) in [6, 6.07) is 10.4. The van der Waals surface area contributed by atoms with Crippen LogP contribution >= 0.6 is 67.8 Å². The quantitative estimate of drug-likeness (QED) is 0.258. The van der Waals surface area contributed by atoms with E-state index in [4.69, 9.17) is 15.6 Å². The van der Waals surface area contributed by atoms with Gasteiger partial charge in [0.1, 0.15) is 17.2 Å². The number of nitrogens with two attached hydrogens (primary N) is 1. The molecule has 0 saturated heterocycles. The Morgan fingerprint density at radius 3 is 2.43 bits per heavy atom. The number of hydrogen-bond acceptors (Lipinski definition) is 4. The van der Waals surface area contributed by atoms with Crippen molar-refractivity contribution in [1.29, 1.82) is 0 Å². The van der Waals surface area contributed by atoms with Crippen LogP contribution in [0.5, 0.6) is 17.2 Å². The first-order valence-corrected chi connectivity index (χ1v) is 9.58. The lowest BCUT2D eigenvalue weighted by molar-refractivity contribution is -0.139. The first-order valence-electron chi connectivity index (χ1n) is 6.35. The zero-order valence-electron chi connectivity index (χ0n) is 11.6. The van der Waals surface area contributed by atoms with Crippen molar-refractivity contribution in [3.63, 3.8) is 0 Å². The van der Waals surface area contributed by atoms with Crippen molar-refractivity contribution in [2.45, 2.75) is 9.97 Å². The number of aliphatic carboxylic acids is 1. The minimum absolute atomic E-state index is 0.206. The van der Waals surface area contributed by atoms with Gasteiger partial charge in [0.25, 0.3) is 0 Å². The fourth-order valence-electron chi connectivity index (χ4n) is 1.79. The van der Waals surface area contributed by atoms with Crippen molar-refractivity contribution in [3.05, 3.63) is 49.1 Å². The van der Waals surface area contributed by atoms with Crippen LogP contribution in [0.4, 0.5) is 0 Å². The number of ether oxygens (including phenoxy) is 1. The molecule has 2 aromatic rings. The number of alkyl halides is 1. The Labute approximate surface area is 174 Å². The average molecular weight is 651 g/mol. The van der Waals surface area contributed by atoms with Gasteiger partial charge in [-0.2, -0.15) is 0 Å². The van der Waals surface area contributed by atoms with Crippen molar-refractivity contribution in [1.82, 2.24) is 0 Å². The van der Waals surface area contributed by atoms with E-state index in [1.807, 2.05) is 28.7 Å². The van der Waals surface area contributed by atoms with Gasteiger partial charge in [0.05, 0.1) is 7.14 Å². The van der Waals surface area contributed by atoms with Gasteiger partial charge in [-0.3, -0.25) is 0 Å². The lowest BCUT2D eigenvalue weighted by Crippen LogP contribution is -2.43. The number of carbonyl (C=O) groups is 1. The summed E-state index contributed by atoms with van der Waals surface area (Å²) < 4.78 is 6.02. The van der Waals surface area contributed by atoms with E-state index in [0.717, 1.165) is 9.13 Å². The summed E-state index contributed by atoms with van der Waals surface area (Å²) in [7, 11) is 0. The average Bonchev–Trinajstić information content (AvgIpc) is 2.45. The molecule has 0 unspecified atom stereocenters. The first-order chi connectivity index (χ1) is 10.7.